The minimum Gasteiger partial charge on any atom is -0.397 e. The summed E-state index contributed by atoms with van der Waals surface area (Å²) >= 11 is 1.39. The van der Waals surface area contributed by atoms with E-state index in [9.17, 15) is 4.79 Å². The number of unbranched alkanes of at least 4 members (excludes halogenated alkanes) is 1. The Bertz CT molecular complexity index is 371. The van der Waals surface area contributed by atoms with Gasteiger partial charge in [0.05, 0.1) is 10.9 Å². The SMILES string of the molecule is CCCCNC(=O)C(C)Sc1ncccc1N. The van der Waals surface area contributed by atoms with Crippen LogP contribution in [0.4, 0.5) is 5.69 Å². The molecule has 0 bridgehead atoms. The molecule has 1 rings (SSSR count). The van der Waals surface area contributed by atoms with Crippen LogP contribution in [-0.4, -0.2) is 22.7 Å². The van der Waals surface area contributed by atoms with Crippen molar-refractivity contribution in [2.24, 2.45) is 0 Å². The Morgan fingerprint density at radius 2 is 2.41 bits per heavy atom. The molecule has 0 saturated carbocycles. The first-order valence-corrected chi connectivity index (χ1v) is 6.68. The van der Waals surface area contributed by atoms with Crippen molar-refractivity contribution >= 4 is 23.4 Å². The molecule has 4 nitrogen and oxygen atoms in total. The summed E-state index contributed by atoms with van der Waals surface area (Å²) in [5, 5.41) is 3.43. The third kappa shape index (κ3) is 4.65. The number of amides is 1. The monoisotopic (exact) mass is 253 g/mol. The van der Waals surface area contributed by atoms with Crippen LogP contribution in [-0.2, 0) is 4.79 Å². The number of nitrogens with zero attached hydrogens (tertiary/aromatic N) is 1. The molecule has 0 spiro atoms. The summed E-state index contributed by atoms with van der Waals surface area (Å²) in [5.74, 6) is 0.0357. The second-order valence-corrected chi connectivity index (χ2v) is 5.13. The number of aromatic nitrogens is 1. The predicted molar refractivity (Wildman–Crippen MR) is 71.9 cm³/mol. The van der Waals surface area contributed by atoms with Gasteiger partial charge in [-0.3, -0.25) is 4.79 Å². The lowest BCUT2D eigenvalue weighted by Gasteiger charge is -2.12. The van der Waals surface area contributed by atoms with Gasteiger partial charge in [0.25, 0.3) is 0 Å². The second-order valence-electron chi connectivity index (χ2n) is 3.80. The molecular formula is C12H19N3OS. The standard InChI is InChI=1S/C12H19N3OS/c1-3-4-7-14-11(16)9(2)17-12-10(13)6-5-8-15-12/h5-6,8-9H,3-4,7,13H2,1-2H3,(H,14,16). The molecule has 0 aliphatic rings. The van der Waals surface area contributed by atoms with Gasteiger partial charge in [0.15, 0.2) is 0 Å². The molecule has 0 saturated heterocycles. The Labute approximate surface area is 106 Å². The van der Waals surface area contributed by atoms with Crippen LogP contribution in [0.5, 0.6) is 0 Å². The highest BCUT2D eigenvalue weighted by molar-refractivity contribution is 8.00. The van der Waals surface area contributed by atoms with Gasteiger partial charge in [0.1, 0.15) is 5.03 Å². The van der Waals surface area contributed by atoms with Gasteiger partial charge in [-0.05, 0) is 25.5 Å². The highest BCUT2D eigenvalue weighted by Gasteiger charge is 2.15. The Balaban J connectivity index is 2.46. The van der Waals surface area contributed by atoms with E-state index in [1.807, 2.05) is 6.92 Å². The van der Waals surface area contributed by atoms with Gasteiger partial charge in [0, 0.05) is 12.7 Å². The Morgan fingerprint density at radius 3 is 3.06 bits per heavy atom. The fourth-order valence-corrected chi connectivity index (χ4v) is 2.11. The largest absolute Gasteiger partial charge is 0.397 e. The summed E-state index contributed by atoms with van der Waals surface area (Å²) < 4.78 is 0. The number of carbonyl (C=O) groups is 1. The molecule has 1 aromatic rings. The number of thioether (sulfide) groups is 1. The number of carbonyl (C=O) groups excluding carboxylic acids is 1. The van der Waals surface area contributed by atoms with Crippen LogP contribution in [0.3, 0.4) is 0 Å². The lowest BCUT2D eigenvalue weighted by atomic mass is 10.3. The summed E-state index contributed by atoms with van der Waals surface area (Å²) in [7, 11) is 0. The van der Waals surface area contributed by atoms with Crippen LogP contribution in [0.1, 0.15) is 26.7 Å². The van der Waals surface area contributed by atoms with Crippen molar-refractivity contribution in [2.75, 3.05) is 12.3 Å². The molecule has 3 N–H and O–H groups in total. The van der Waals surface area contributed by atoms with Gasteiger partial charge in [-0.25, -0.2) is 4.98 Å². The summed E-state index contributed by atoms with van der Waals surface area (Å²) in [5.41, 5.74) is 6.39. The third-order valence-corrected chi connectivity index (χ3v) is 3.42. The topological polar surface area (TPSA) is 68.0 Å². The third-order valence-electron chi connectivity index (χ3n) is 2.29. The molecule has 0 radical (unpaired) electrons. The van der Waals surface area contributed by atoms with Crippen molar-refractivity contribution in [2.45, 2.75) is 37.0 Å². The van der Waals surface area contributed by atoms with Crippen LogP contribution >= 0.6 is 11.8 Å². The van der Waals surface area contributed by atoms with Gasteiger partial charge in [-0.15, -0.1) is 0 Å². The lowest BCUT2D eigenvalue weighted by molar-refractivity contribution is -0.120. The number of pyridine rings is 1. The van der Waals surface area contributed by atoms with E-state index in [0.29, 0.717) is 10.7 Å². The molecule has 1 heterocycles. The van der Waals surface area contributed by atoms with Gasteiger partial charge in [0.2, 0.25) is 5.91 Å². The molecule has 0 aromatic carbocycles. The van der Waals surface area contributed by atoms with E-state index >= 15 is 0 Å². The maximum absolute atomic E-state index is 11.7. The molecule has 0 aliphatic heterocycles. The molecule has 1 aromatic heterocycles. The second kappa shape index (κ2) is 7.17. The van der Waals surface area contributed by atoms with E-state index in [1.54, 1.807) is 18.3 Å². The Kier molecular flexibility index (Phi) is 5.83. The van der Waals surface area contributed by atoms with E-state index in [2.05, 4.69) is 17.2 Å². The Morgan fingerprint density at radius 1 is 1.65 bits per heavy atom. The van der Waals surface area contributed by atoms with Crippen LogP contribution in [0.15, 0.2) is 23.4 Å². The maximum atomic E-state index is 11.7. The average Bonchev–Trinajstić information content (AvgIpc) is 2.32. The number of anilines is 1. The zero-order valence-electron chi connectivity index (χ0n) is 10.3. The molecular weight excluding hydrogens is 234 g/mol. The van der Waals surface area contributed by atoms with E-state index in [0.717, 1.165) is 19.4 Å². The predicted octanol–water partition coefficient (Wildman–Crippen LogP) is 2.06. The number of nitrogens with two attached hydrogens (primary N) is 1. The van der Waals surface area contributed by atoms with E-state index < -0.39 is 0 Å². The van der Waals surface area contributed by atoms with E-state index in [-0.39, 0.29) is 11.2 Å². The maximum Gasteiger partial charge on any atom is 0.233 e. The Hall–Kier alpha value is -1.23. The van der Waals surface area contributed by atoms with Gasteiger partial charge in [-0.1, -0.05) is 25.1 Å². The molecule has 1 amide bonds. The molecule has 0 aliphatic carbocycles. The van der Waals surface area contributed by atoms with Crippen LogP contribution in [0.2, 0.25) is 0 Å². The fraction of sp³-hybridized carbons (Fsp3) is 0.500. The van der Waals surface area contributed by atoms with E-state index in [1.165, 1.54) is 11.8 Å². The average molecular weight is 253 g/mol. The summed E-state index contributed by atoms with van der Waals surface area (Å²) in [4.78, 5) is 15.9. The van der Waals surface area contributed by atoms with Crippen molar-refractivity contribution in [3.63, 3.8) is 0 Å². The van der Waals surface area contributed by atoms with Crippen molar-refractivity contribution in [3.05, 3.63) is 18.3 Å². The van der Waals surface area contributed by atoms with Gasteiger partial charge >= 0.3 is 0 Å². The van der Waals surface area contributed by atoms with Crippen molar-refractivity contribution < 1.29 is 4.79 Å². The first-order valence-electron chi connectivity index (χ1n) is 5.80. The molecule has 5 heteroatoms. The highest BCUT2D eigenvalue weighted by Crippen LogP contribution is 2.25. The zero-order chi connectivity index (χ0) is 12.7. The number of hydrogen-bond acceptors (Lipinski definition) is 4. The number of nitrogen functional groups attached to an aromatic ring is 1. The smallest absolute Gasteiger partial charge is 0.233 e. The van der Waals surface area contributed by atoms with Crippen LogP contribution in [0.25, 0.3) is 0 Å². The molecule has 0 fully saturated rings. The van der Waals surface area contributed by atoms with Crippen LogP contribution in [0, 0.1) is 0 Å². The highest BCUT2D eigenvalue weighted by atomic mass is 32.2. The normalized spacial score (nSPS) is 12.1. The van der Waals surface area contributed by atoms with Gasteiger partial charge < -0.3 is 11.1 Å². The minimum atomic E-state index is -0.177. The lowest BCUT2D eigenvalue weighted by Crippen LogP contribution is -2.31. The number of hydrogen-bond donors (Lipinski definition) is 2. The molecule has 17 heavy (non-hydrogen) atoms. The number of nitrogens with one attached hydrogen (secondary N) is 1. The summed E-state index contributed by atoms with van der Waals surface area (Å²) in [6, 6.07) is 3.57. The molecule has 1 atom stereocenters. The first-order chi connectivity index (χ1) is 8.15. The zero-order valence-corrected chi connectivity index (χ0v) is 11.1. The molecule has 94 valence electrons. The fourth-order valence-electron chi connectivity index (χ4n) is 1.25. The minimum absolute atomic E-state index is 0.0357. The van der Waals surface area contributed by atoms with Crippen molar-refractivity contribution in [3.8, 4) is 0 Å². The van der Waals surface area contributed by atoms with Gasteiger partial charge in [-0.2, -0.15) is 0 Å². The number of rotatable bonds is 6. The quantitative estimate of drug-likeness (QED) is 0.601. The van der Waals surface area contributed by atoms with Crippen molar-refractivity contribution in [1.29, 1.82) is 0 Å². The van der Waals surface area contributed by atoms with Crippen LogP contribution < -0.4 is 11.1 Å². The summed E-state index contributed by atoms with van der Waals surface area (Å²) in [6.45, 7) is 4.69. The first kappa shape index (κ1) is 13.8. The molecule has 1 unspecified atom stereocenters. The summed E-state index contributed by atoms with van der Waals surface area (Å²) in [6.07, 6.45) is 3.77. The van der Waals surface area contributed by atoms with E-state index in [4.69, 9.17) is 5.73 Å². The van der Waals surface area contributed by atoms with Crippen molar-refractivity contribution in [1.82, 2.24) is 10.3 Å².